The smallest absolute Gasteiger partial charge is 0.323 e. The quantitative estimate of drug-likeness (QED) is 0.528. The first-order valence-corrected chi connectivity index (χ1v) is 4.85. The maximum Gasteiger partial charge on any atom is 0.323 e. The van der Waals surface area contributed by atoms with Gasteiger partial charge in [-0.2, -0.15) is 0 Å². The minimum absolute atomic E-state index is 0.124. The van der Waals surface area contributed by atoms with Gasteiger partial charge in [-0.1, -0.05) is 18.6 Å². The Morgan fingerprint density at radius 1 is 1.69 bits per heavy atom. The molecule has 1 atom stereocenters. The van der Waals surface area contributed by atoms with E-state index in [1.54, 1.807) is 0 Å². The topological polar surface area (TPSA) is 38.3 Å². The third kappa shape index (κ3) is 2.84. The monoisotopic (exact) mass is 183 g/mol. The summed E-state index contributed by atoms with van der Waals surface area (Å²) in [5, 5.41) is 3.12. The first kappa shape index (κ1) is 10.3. The lowest BCUT2D eigenvalue weighted by Crippen LogP contribution is -2.40. The minimum atomic E-state index is -0.125. The van der Waals surface area contributed by atoms with Crippen molar-refractivity contribution in [3.8, 4) is 0 Å². The molecule has 0 aliphatic carbocycles. The Kier molecular flexibility index (Phi) is 3.96. The fourth-order valence-electron chi connectivity index (χ4n) is 1.46. The summed E-state index contributed by atoms with van der Waals surface area (Å²) in [7, 11) is 0. The molecule has 0 bridgehead atoms. The Balaban J connectivity index is 2.45. The van der Waals surface area contributed by atoms with Gasteiger partial charge in [0.1, 0.15) is 6.04 Å². The van der Waals surface area contributed by atoms with Gasteiger partial charge in [-0.15, -0.1) is 0 Å². The van der Waals surface area contributed by atoms with Gasteiger partial charge in [0.25, 0.3) is 0 Å². The van der Waals surface area contributed by atoms with Gasteiger partial charge < -0.3 is 10.1 Å². The van der Waals surface area contributed by atoms with Crippen molar-refractivity contribution >= 4 is 5.97 Å². The molecule has 0 unspecified atom stereocenters. The molecule has 0 aromatic rings. The van der Waals surface area contributed by atoms with Crippen LogP contribution < -0.4 is 5.32 Å². The Morgan fingerprint density at radius 3 is 3.08 bits per heavy atom. The fraction of sp³-hybridized carbons (Fsp3) is 0.700. The molecular weight excluding hydrogens is 166 g/mol. The number of esters is 1. The summed E-state index contributed by atoms with van der Waals surface area (Å²) in [5.74, 6) is -0.124. The molecule has 0 saturated heterocycles. The molecule has 3 nitrogen and oxygen atoms in total. The van der Waals surface area contributed by atoms with E-state index in [0.29, 0.717) is 6.61 Å². The lowest BCUT2D eigenvalue weighted by atomic mass is 10.0. The lowest BCUT2D eigenvalue weighted by Gasteiger charge is -2.21. The van der Waals surface area contributed by atoms with Crippen molar-refractivity contribution in [2.24, 2.45) is 0 Å². The summed E-state index contributed by atoms with van der Waals surface area (Å²) in [5.41, 5.74) is 1.34. The number of rotatable bonds is 3. The van der Waals surface area contributed by atoms with E-state index in [9.17, 15) is 4.79 Å². The second kappa shape index (κ2) is 5.02. The normalized spacial score (nSPS) is 22.3. The van der Waals surface area contributed by atoms with E-state index in [1.807, 2.05) is 6.92 Å². The van der Waals surface area contributed by atoms with Crippen LogP contribution in [0.4, 0.5) is 0 Å². The van der Waals surface area contributed by atoms with Crippen LogP contribution in [-0.4, -0.2) is 25.2 Å². The van der Waals surface area contributed by atoms with E-state index in [2.05, 4.69) is 18.3 Å². The van der Waals surface area contributed by atoms with E-state index in [-0.39, 0.29) is 12.0 Å². The van der Waals surface area contributed by atoms with Crippen molar-refractivity contribution in [3.05, 3.63) is 11.6 Å². The average molecular weight is 183 g/mol. The van der Waals surface area contributed by atoms with Gasteiger partial charge in [0.2, 0.25) is 0 Å². The van der Waals surface area contributed by atoms with Crippen LogP contribution in [0, 0.1) is 0 Å². The molecule has 0 aromatic carbocycles. The summed E-state index contributed by atoms with van der Waals surface area (Å²) in [6.07, 6.45) is 3.97. The van der Waals surface area contributed by atoms with Crippen LogP contribution in [0.2, 0.25) is 0 Å². The van der Waals surface area contributed by atoms with Crippen molar-refractivity contribution in [1.29, 1.82) is 0 Å². The van der Waals surface area contributed by atoms with Gasteiger partial charge in [-0.25, -0.2) is 0 Å². The predicted molar refractivity (Wildman–Crippen MR) is 51.4 cm³/mol. The van der Waals surface area contributed by atoms with Gasteiger partial charge in [0.05, 0.1) is 6.61 Å². The Labute approximate surface area is 79.2 Å². The fourth-order valence-corrected chi connectivity index (χ4v) is 1.46. The average Bonchev–Trinajstić information content (AvgIpc) is 2.18. The Morgan fingerprint density at radius 2 is 2.46 bits per heavy atom. The SMILES string of the molecule is CCOC(=O)[C@H]1CC(CC)=CCN1. The van der Waals surface area contributed by atoms with Gasteiger partial charge in [0, 0.05) is 6.54 Å². The van der Waals surface area contributed by atoms with E-state index >= 15 is 0 Å². The van der Waals surface area contributed by atoms with Gasteiger partial charge >= 0.3 is 5.97 Å². The molecular formula is C10H17NO2. The molecule has 1 aliphatic rings. The molecule has 1 N–H and O–H groups in total. The van der Waals surface area contributed by atoms with E-state index in [4.69, 9.17) is 4.74 Å². The molecule has 0 amide bonds. The Hall–Kier alpha value is -0.830. The summed E-state index contributed by atoms with van der Waals surface area (Å²) in [6, 6.07) is -0.125. The number of hydrogen-bond donors (Lipinski definition) is 1. The maximum atomic E-state index is 11.3. The highest BCUT2D eigenvalue weighted by molar-refractivity contribution is 5.76. The van der Waals surface area contributed by atoms with Crippen LogP contribution in [0.25, 0.3) is 0 Å². The number of hydrogen-bond acceptors (Lipinski definition) is 3. The second-order valence-electron chi connectivity index (χ2n) is 3.13. The highest BCUT2D eigenvalue weighted by Crippen LogP contribution is 2.14. The second-order valence-corrected chi connectivity index (χ2v) is 3.13. The first-order valence-electron chi connectivity index (χ1n) is 4.85. The van der Waals surface area contributed by atoms with Crippen molar-refractivity contribution in [3.63, 3.8) is 0 Å². The molecule has 1 rings (SSSR count). The van der Waals surface area contributed by atoms with Crippen LogP contribution in [-0.2, 0) is 9.53 Å². The summed E-state index contributed by atoms with van der Waals surface area (Å²) in [4.78, 5) is 11.3. The number of nitrogens with one attached hydrogen (secondary N) is 1. The van der Waals surface area contributed by atoms with Gasteiger partial charge in [-0.3, -0.25) is 4.79 Å². The molecule has 0 saturated carbocycles. The van der Waals surface area contributed by atoms with Crippen molar-refractivity contribution in [2.75, 3.05) is 13.2 Å². The third-order valence-electron chi connectivity index (χ3n) is 2.25. The molecule has 1 heterocycles. The highest BCUT2D eigenvalue weighted by atomic mass is 16.5. The molecule has 0 aromatic heterocycles. The maximum absolute atomic E-state index is 11.3. The lowest BCUT2D eigenvalue weighted by molar-refractivity contribution is -0.145. The van der Waals surface area contributed by atoms with Crippen LogP contribution in [0.1, 0.15) is 26.7 Å². The van der Waals surface area contributed by atoms with Crippen LogP contribution >= 0.6 is 0 Å². The van der Waals surface area contributed by atoms with E-state index in [1.165, 1.54) is 5.57 Å². The van der Waals surface area contributed by atoms with Gasteiger partial charge in [-0.05, 0) is 19.8 Å². The number of ether oxygens (including phenoxy) is 1. The highest BCUT2D eigenvalue weighted by Gasteiger charge is 2.22. The zero-order chi connectivity index (χ0) is 9.68. The zero-order valence-electron chi connectivity index (χ0n) is 8.30. The summed E-state index contributed by atoms with van der Waals surface area (Å²) >= 11 is 0. The third-order valence-corrected chi connectivity index (χ3v) is 2.25. The van der Waals surface area contributed by atoms with Crippen LogP contribution in [0.15, 0.2) is 11.6 Å². The Bertz CT molecular complexity index is 211. The van der Waals surface area contributed by atoms with Crippen molar-refractivity contribution < 1.29 is 9.53 Å². The predicted octanol–water partition coefficient (Wildman–Crippen LogP) is 1.25. The standard InChI is InChI=1S/C10H17NO2/c1-3-8-5-6-11-9(7-8)10(12)13-4-2/h5,9,11H,3-4,6-7H2,1-2H3/t9-/m1/s1. The van der Waals surface area contributed by atoms with Crippen molar-refractivity contribution in [2.45, 2.75) is 32.7 Å². The van der Waals surface area contributed by atoms with E-state index < -0.39 is 0 Å². The largest absolute Gasteiger partial charge is 0.465 e. The minimum Gasteiger partial charge on any atom is -0.465 e. The first-order chi connectivity index (χ1) is 6.27. The zero-order valence-corrected chi connectivity index (χ0v) is 8.30. The van der Waals surface area contributed by atoms with Crippen molar-refractivity contribution in [1.82, 2.24) is 5.32 Å². The van der Waals surface area contributed by atoms with E-state index in [0.717, 1.165) is 19.4 Å². The van der Waals surface area contributed by atoms with Gasteiger partial charge in [0.15, 0.2) is 0 Å². The van der Waals surface area contributed by atoms with Crippen LogP contribution in [0.3, 0.4) is 0 Å². The molecule has 0 spiro atoms. The number of carbonyl (C=O) groups is 1. The molecule has 0 radical (unpaired) electrons. The molecule has 74 valence electrons. The molecule has 13 heavy (non-hydrogen) atoms. The molecule has 0 fully saturated rings. The number of carbonyl (C=O) groups excluding carboxylic acids is 1. The summed E-state index contributed by atoms with van der Waals surface area (Å²) in [6.45, 7) is 5.19. The molecule has 3 heteroatoms. The summed E-state index contributed by atoms with van der Waals surface area (Å²) < 4.78 is 4.95. The molecule has 1 aliphatic heterocycles. The van der Waals surface area contributed by atoms with Crippen LogP contribution in [0.5, 0.6) is 0 Å².